The highest BCUT2D eigenvalue weighted by Crippen LogP contribution is 2.25. The van der Waals surface area contributed by atoms with Gasteiger partial charge in [-0.05, 0) is 38.8 Å². The van der Waals surface area contributed by atoms with Crippen LogP contribution in [-0.4, -0.2) is 66.0 Å². The zero-order valence-electron chi connectivity index (χ0n) is 17.3. The zero-order valence-corrected chi connectivity index (χ0v) is 18.1. The van der Waals surface area contributed by atoms with Gasteiger partial charge in [0.05, 0.1) is 17.3 Å². The lowest BCUT2D eigenvalue weighted by Gasteiger charge is -2.24. The van der Waals surface area contributed by atoms with Crippen LogP contribution in [0.2, 0.25) is 0 Å². The van der Waals surface area contributed by atoms with Crippen molar-refractivity contribution in [3.05, 3.63) is 35.0 Å². The number of nitrogens with two attached hydrogens (primary N) is 1. The molecule has 2 rings (SSSR count). The van der Waals surface area contributed by atoms with Crippen LogP contribution in [0.25, 0.3) is 0 Å². The molecule has 158 valence electrons. The van der Waals surface area contributed by atoms with Crippen LogP contribution in [0.5, 0.6) is 0 Å². The lowest BCUT2D eigenvalue weighted by Crippen LogP contribution is -2.33. The lowest BCUT2D eigenvalue weighted by atomic mass is 10.1. The highest BCUT2D eigenvalue weighted by Gasteiger charge is 2.23. The van der Waals surface area contributed by atoms with Crippen molar-refractivity contribution >= 4 is 35.1 Å². The Morgan fingerprint density at radius 3 is 2.72 bits per heavy atom. The summed E-state index contributed by atoms with van der Waals surface area (Å²) in [6, 6.07) is 0. The number of carbonyl (C=O) groups is 1. The molecule has 8 heteroatoms. The minimum absolute atomic E-state index is 0.245. The molecule has 0 atom stereocenters. The number of thioether (sulfide) groups is 1. The first-order chi connectivity index (χ1) is 14.1. The van der Waals surface area contributed by atoms with Gasteiger partial charge in [-0.2, -0.15) is 0 Å². The molecule has 0 saturated carbocycles. The molecule has 0 bridgehead atoms. The van der Waals surface area contributed by atoms with Gasteiger partial charge >= 0.3 is 0 Å². The molecule has 3 N–H and O–H groups in total. The third-order valence-corrected chi connectivity index (χ3v) is 5.74. The molecule has 1 saturated heterocycles. The number of amides is 1. The highest BCUT2D eigenvalue weighted by atomic mass is 32.2. The van der Waals surface area contributed by atoms with Crippen LogP contribution in [0, 0.1) is 5.41 Å². The Labute approximate surface area is 178 Å². The lowest BCUT2D eigenvalue weighted by molar-refractivity contribution is -0.124. The second kappa shape index (κ2) is 12.4. The normalized spacial score (nSPS) is 21.0. The SMILES string of the molecule is C=C1SC(/C(C=NCN2CCCCC2)=C/CC)=NCCCN(/C(C=N)=C/N)C1=O. The molecule has 0 aliphatic carbocycles. The largest absolute Gasteiger partial charge is 0.403 e. The first-order valence-electron chi connectivity index (χ1n) is 10.2. The van der Waals surface area contributed by atoms with Crippen molar-refractivity contribution in [1.29, 1.82) is 5.41 Å². The Morgan fingerprint density at radius 2 is 2.07 bits per heavy atom. The molecular formula is C21H32N6OS. The van der Waals surface area contributed by atoms with Crippen molar-refractivity contribution in [3.8, 4) is 0 Å². The Kier molecular flexibility index (Phi) is 9.87. The summed E-state index contributed by atoms with van der Waals surface area (Å²) in [5.74, 6) is -0.245. The molecule has 2 heterocycles. The monoisotopic (exact) mass is 416 g/mol. The predicted molar refractivity (Wildman–Crippen MR) is 124 cm³/mol. The summed E-state index contributed by atoms with van der Waals surface area (Å²) in [5, 5.41) is 8.26. The van der Waals surface area contributed by atoms with E-state index in [0.717, 1.165) is 36.3 Å². The Hall–Kier alpha value is -2.19. The fourth-order valence-electron chi connectivity index (χ4n) is 3.24. The second-order valence-electron chi connectivity index (χ2n) is 6.96. The summed E-state index contributed by atoms with van der Waals surface area (Å²) in [5.41, 5.74) is 6.88. The van der Waals surface area contributed by atoms with E-state index in [9.17, 15) is 4.79 Å². The van der Waals surface area contributed by atoms with E-state index in [2.05, 4.69) is 29.5 Å². The molecule has 0 aromatic heterocycles. The number of nitrogens with zero attached hydrogens (tertiary/aromatic N) is 4. The van der Waals surface area contributed by atoms with Gasteiger partial charge in [-0.3, -0.25) is 19.7 Å². The highest BCUT2D eigenvalue weighted by molar-refractivity contribution is 8.18. The van der Waals surface area contributed by atoms with E-state index < -0.39 is 0 Å². The van der Waals surface area contributed by atoms with Crippen LogP contribution in [0.4, 0.5) is 0 Å². The minimum atomic E-state index is -0.245. The maximum absolute atomic E-state index is 12.8. The van der Waals surface area contributed by atoms with Crippen LogP contribution >= 0.6 is 11.8 Å². The van der Waals surface area contributed by atoms with Gasteiger partial charge in [-0.15, -0.1) is 0 Å². The zero-order chi connectivity index (χ0) is 21.1. The summed E-state index contributed by atoms with van der Waals surface area (Å²) >= 11 is 1.27. The molecule has 0 aromatic carbocycles. The van der Waals surface area contributed by atoms with Gasteiger partial charge in [0.2, 0.25) is 0 Å². The first kappa shape index (κ1) is 23.1. The van der Waals surface area contributed by atoms with Crippen LogP contribution in [0.15, 0.2) is 45.0 Å². The number of likely N-dealkylation sites (tertiary alicyclic amines) is 1. The van der Waals surface area contributed by atoms with Crippen molar-refractivity contribution in [1.82, 2.24) is 9.80 Å². The Bertz CT molecular complexity index is 719. The molecule has 0 radical (unpaired) electrons. The molecule has 0 aromatic rings. The summed E-state index contributed by atoms with van der Waals surface area (Å²) < 4.78 is 0. The summed E-state index contributed by atoms with van der Waals surface area (Å²) in [4.78, 5) is 26.4. The van der Waals surface area contributed by atoms with E-state index >= 15 is 0 Å². The van der Waals surface area contributed by atoms with Crippen molar-refractivity contribution in [2.45, 2.75) is 39.0 Å². The molecule has 7 nitrogen and oxygen atoms in total. The van der Waals surface area contributed by atoms with Gasteiger partial charge < -0.3 is 16.0 Å². The Morgan fingerprint density at radius 1 is 1.31 bits per heavy atom. The van der Waals surface area contributed by atoms with Gasteiger partial charge in [0.15, 0.2) is 0 Å². The standard InChI is InChI=1S/C21H32N6OS/c1-3-8-18(15-24-16-26-10-5-4-6-11-26)20-25-9-7-12-27(19(13-22)14-23)21(28)17(2)29-20/h8,13-15,22H,2-7,9-12,16,23H2,1H3/b18-8+,19-14+,22-13?,24-15?,25-20?. The molecule has 1 amide bonds. The average Bonchev–Trinajstić information content (AvgIpc) is 2.80. The van der Waals surface area contributed by atoms with Crippen molar-refractivity contribution in [2.24, 2.45) is 15.7 Å². The van der Waals surface area contributed by atoms with E-state index in [4.69, 9.17) is 16.1 Å². The first-order valence-corrected chi connectivity index (χ1v) is 11.0. The summed E-state index contributed by atoms with van der Waals surface area (Å²) in [6.45, 7) is 9.95. The maximum Gasteiger partial charge on any atom is 0.264 e. The Balaban J connectivity index is 2.13. The number of piperidine rings is 1. The second-order valence-corrected chi connectivity index (χ2v) is 8.04. The van der Waals surface area contributed by atoms with Gasteiger partial charge in [0.1, 0.15) is 5.04 Å². The van der Waals surface area contributed by atoms with E-state index in [-0.39, 0.29) is 5.91 Å². The molecule has 29 heavy (non-hydrogen) atoms. The van der Waals surface area contributed by atoms with Crippen LogP contribution in [-0.2, 0) is 4.79 Å². The number of allylic oxidation sites excluding steroid dienone is 2. The number of carbonyl (C=O) groups excluding carboxylic acids is 1. The van der Waals surface area contributed by atoms with Gasteiger partial charge in [0, 0.05) is 37.3 Å². The topological polar surface area (TPSA) is 98.1 Å². The number of hydrogen-bond acceptors (Lipinski definition) is 7. The smallest absolute Gasteiger partial charge is 0.264 e. The van der Waals surface area contributed by atoms with Crippen molar-refractivity contribution in [3.63, 3.8) is 0 Å². The third-order valence-electron chi connectivity index (χ3n) is 4.76. The number of rotatable bonds is 7. The van der Waals surface area contributed by atoms with Crippen molar-refractivity contribution in [2.75, 3.05) is 32.8 Å². The molecule has 1 fully saturated rings. The van der Waals surface area contributed by atoms with E-state index in [1.165, 1.54) is 42.1 Å². The third kappa shape index (κ3) is 6.97. The van der Waals surface area contributed by atoms with Crippen LogP contribution in [0.3, 0.4) is 0 Å². The fourth-order valence-corrected chi connectivity index (χ4v) is 4.08. The number of nitrogens with one attached hydrogen (secondary N) is 1. The quantitative estimate of drug-likeness (QED) is 0.492. The average molecular weight is 417 g/mol. The molecular weight excluding hydrogens is 384 g/mol. The molecule has 2 aliphatic rings. The minimum Gasteiger partial charge on any atom is -0.403 e. The molecule has 0 unspecified atom stereocenters. The van der Waals surface area contributed by atoms with Gasteiger partial charge in [-0.1, -0.05) is 37.8 Å². The van der Waals surface area contributed by atoms with Crippen LogP contribution in [0.1, 0.15) is 39.0 Å². The van der Waals surface area contributed by atoms with Crippen molar-refractivity contribution < 1.29 is 4.79 Å². The number of aliphatic imine (C=N–C) groups is 2. The maximum atomic E-state index is 12.8. The molecule has 0 spiro atoms. The predicted octanol–water partition coefficient (Wildman–Crippen LogP) is 3.16. The summed E-state index contributed by atoms with van der Waals surface area (Å²) in [7, 11) is 0. The summed E-state index contributed by atoms with van der Waals surface area (Å²) in [6.07, 6.45) is 11.6. The van der Waals surface area contributed by atoms with E-state index in [0.29, 0.717) is 36.8 Å². The van der Waals surface area contributed by atoms with E-state index in [1.807, 2.05) is 6.21 Å². The number of hydrogen-bond donors (Lipinski definition) is 2. The molecule has 2 aliphatic heterocycles. The van der Waals surface area contributed by atoms with Gasteiger partial charge in [-0.25, -0.2) is 0 Å². The van der Waals surface area contributed by atoms with Crippen LogP contribution < -0.4 is 5.73 Å². The fraction of sp³-hybridized carbons (Fsp3) is 0.524. The van der Waals surface area contributed by atoms with Gasteiger partial charge in [0.25, 0.3) is 5.91 Å². The van der Waals surface area contributed by atoms with E-state index in [1.54, 1.807) is 0 Å².